The summed E-state index contributed by atoms with van der Waals surface area (Å²) in [4.78, 5) is 31.8. The van der Waals surface area contributed by atoms with Gasteiger partial charge in [0.15, 0.2) is 0 Å². The molecule has 0 bridgehead atoms. The van der Waals surface area contributed by atoms with Gasteiger partial charge < -0.3 is 10.2 Å². The molecule has 1 aromatic carbocycles. The molecule has 3 rings (SSSR count). The van der Waals surface area contributed by atoms with Crippen LogP contribution in [0.25, 0.3) is 0 Å². The number of carbonyl (C=O) groups is 2. The molecule has 1 saturated heterocycles. The molecule has 1 aliphatic heterocycles. The van der Waals surface area contributed by atoms with E-state index in [4.69, 9.17) is 0 Å². The Balaban J connectivity index is 1.74. The molecule has 5 heteroatoms. The molecule has 0 spiro atoms. The molecule has 0 saturated carbocycles. The topological polar surface area (TPSA) is 62.3 Å². The normalized spacial score (nSPS) is 17.5. The van der Waals surface area contributed by atoms with Crippen molar-refractivity contribution in [3.8, 4) is 0 Å². The SMILES string of the molecule is CC(C)CC(=O)N1CCC[C@H]1C(=O)N[C@@H](Cc1ccccn1)c1ccccc1. The summed E-state index contributed by atoms with van der Waals surface area (Å²) in [5, 5.41) is 3.19. The van der Waals surface area contributed by atoms with Gasteiger partial charge in [0, 0.05) is 31.3 Å². The maximum atomic E-state index is 13.1. The smallest absolute Gasteiger partial charge is 0.243 e. The van der Waals surface area contributed by atoms with Crippen LogP contribution < -0.4 is 5.32 Å². The zero-order chi connectivity index (χ0) is 19.9. The van der Waals surface area contributed by atoms with Gasteiger partial charge in [0.25, 0.3) is 0 Å². The molecule has 1 aromatic heterocycles. The predicted molar refractivity (Wildman–Crippen MR) is 109 cm³/mol. The van der Waals surface area contributed by atoms with E-state index < -0.39 is 0 Å². The van der Waals surface area contributed by atoms with Crippen LogP contribution in [0.2, 0.25) is 0 Å². The monoisotopic (exact) mass is 379 g/mol. The van der Waals surface area contributed by atoms with Crippen molar-refractivity contribution in [2.45, 2.75) is 51.6 Å². The molecule has 2 atom stereocenters. The van der Waals surface area contributed by atoms with Gasteiger partial charge >= 0.3 is 0 Å². The van der Waals surface area contributed by atoms with Crippen molar-refractivity contribution >= 4 is 11.8 Å². The maximum absolute atomic E-state index is 13.1. The number of hydrogen-bond acceptors (Lipinski definition) is 3. The van der Waals surface area contributed by atoms with E-state index in [0.717, 1.165) is 24.1 Å². The van der Waals surface area contributed by atoms with E-state index in [-0.39, 0.29) is 29.8 Å². The molecule has 28 heavy (non-hydrogen) atoms. The van der Waals surface area contributed by atoms with E-state index in [9.17, 15) is 9.59 Å². The van der Waals surface area contributed by atoms with Gasteiger partial charge in [-0.3, -0.25) is 14.6 Å². The van der Waals surface area contributed by atoms with Crippen molar-refractivity contribution < 1.29 is 9.59 Å². The Bertz CT molecular complexity index is 777. The molecule has 0 aliphatic carbocycles. The first-order valence-electron chi connectivity index (χ1n) is 10.1. The number of rotatable bonds is 7. The van der Waals surface area contributed by atoms with Crippen LogP contribution in [0.5, 0.6) is 0 Å². The fraction of sp³-hybridized carbons (Fsp3) is 0.435. The second-order valence-corrected chi connectivity index (χ2v) is 7.84. The van der Waals surface area contributed by atoms with E-state index in [1.54, 1.807) is 11.1 Å². The van der Waals surface area contributed by atoms with Gasteiger partial charge in [0.2, 0.25) is 11.8 Å². The van der Waals surface area contributed by atoms with Crippen molar-refractivity contribution in [2.24, 2.45) is 5.92 Å². The number of pyridine rings is 1. The Morgan fingerprint density at radius 3 is 2.57 bits per heavy atom. The summed E-state index contributed by atoms with van der Waals surface area (Å²) in [6, 6.07) is 15.2. The zero-order valence-electron chi connectivity index (χ0n) is 16.7. The number of aromatic nitrogens is 1. The summed E-state index contributed by atoms with van der Waals surface area (Å²) in [6.45, 7) is 4.72. The van der Waals surface area contributed by atoms with Crippen LogP contribution in [0.1, 0.15) is 50.4 Å². The highest BCUT2D eigenvalue weighted by atomic mass is 16.2. The Morgan fingerprint density at radius 2 is 1.89 bits per heavy atom. The van der Waals surface area contributed by atoms with Crippen molar-refractivity contribution in [1.82, 2.24) is 15.2 Å². The fourth-order valence-electron chi connectivity index (χ4n) is 3.74. The lowest BCUT2D eigenvalue weighted by Crippen LogP contribution is -2.47. The summed E-state index contributed by atoms with van der Waals surface area (Å²) in [5.74, 6) is 0.297. The lowest BCUT2D eigenvalue weighted by molar-refractivity contribution is -0.139. The third-order valence-corrected chi connectivity index (χ3v) is 5.12. The minimum absolute atomic E-state index is 0.0700. The molecule has 2 heterocycles. The van der Waals surface area contributed by atoms with E-state index >= 15 is 0 Å². The molecule has 0 radical (unpaired) electrons. The third kappa shape index (κ3) is 5.18. The van der Waals surface area contributed by atoms with Gasteiger partial charge in [-0.1, -0.05) is 50.2 Å². The molecular formula is C23H29N3O2. The number of likely N-dealkylation sites (tertiary alicyclic amines) is 1. The minimum atomic E-state index is -0.374. The van der Waals surface area contributed by atoms with Crippen LogP contribution in [-0.4, -0.2) is 34.3 Å². The van der Waals surface area contributed by atoms with Crippen LogP contribution in [0.3, 0.4) is 0 Å². The number of carbonyl (C=O) groups excluding carboxylic acids is 2. The number of benzene rings is 1. The second-order valence-electron chi connectivity index (χ2n) is 7.84. The molecule has 1 fully saturated rings. The van der Waals surface area contributed by atoms with E-state index in [0.29, 0.717) is 19.4 Å². The van der Waals surface area contributed by atoms with Gasteiger partial charge in [0.1, 0.15) is 6.04 Å². The first-order chi connectivity index (χ1) is 13.5. The number of hydrogen-bond donors (Lipinski definition) is 1. The van der Waals surface area contributed by atoms with Crippen molar-refractivity contribution in [3.63, 3.8) is 0 Å². The minimum Gasteiger partial charge on any atom is -0.347 e. The molecule has 0 unspecified atom stereocenters. The Kier molecular flexibility index (Phi) is 6.80. The Morgan fingerprint density at radius 1 is 1.14 bits per heavy atom. The van der Waals surface area contributed by atoms with Gasteiger partial charge in [-0.15, -0.1) is 0 Å². The number of amides is 2. The third-order valence-electron chi connectivity index (χ3n) is 5.12. The Hall–Kier alpha value is -2.69. The molecule has 1 aliphatic rings. The number of nitrogens with zero attached hydrogens (tertiary/aromatic N) is 2. The molecule has 148 valence electrons. The van der Waals surface area contributed by atoms with Crippen molar-refractivity contribution in [3.05, 3.63) is 66.0 Å². The van der Waals surface area contributed by atoms with Gasteiger partial charge in [-0.2, -0.15) is 0 Å². The van der Waals surface area contributed by atoms with E-state index in [1.165, 1.54) is 0 Å². The Labute approximate surface area is 167 Å². The molecular weight excluding hydrogens is 350 g/mol. The summed E-state index contributed by atoms with van der Waals surface area (Å²) in [7, 11) is 0. The first-order valence-corrected chi connectivity index (χ1v) is 10.1. The van der Waals surface area contributed by atoms with Crippen LogP contribution in [-0.2, 0) is 16.0 Å². The van der Waals surface area contributed by atoms with Crippen LogP contribution in [0.15, 0.2) is 54.7 Å². The van der Waals surface area contributed by atoms with Gasteiger partial charge in [-0.05, 0) is 36.5 Å². The second kappa shape index (κ2) is 9.49. The lowest BCUT2D eigenvalue weighted by atomic mass is 10.0. The van der Waals surface area contributed by atoms with Crippen molar-refractivity contribution in [2.75, 3.05) is 6.54 Å². The van der Waals surface area contributed by atoms with E-state index in [2.05, 4.69) is 10.3 Å². The standard InChI is InChI=1S/C23H29N3O2/c1-17(2)15-22(27)26-14-8-12-21(26)23(28)25-20(18-9-4-3-5-10-18)16-19-11-6-7-13-24-19/h3-7,9-11,13,17,20-21H,8,12,14-16H2,1-2H3,(H,25,28)/t20-,21-/m0/s1. The van der Waals surface area contributed by atoms with Crippen LogP contribution >= 0.6 is 0 Å². The number of nitrogens with one attached hydrogen (secondary N) is 1. The molecule has 2 amide bonds. The highest BCUT2D eigenvalue weighted by molar-refractivity contribution is 5.88. The fourth-order valence-corrected chi connectivity index (χ4v) is 3.74. The van der Waals surface area contributed by atoms with E-state index in [1.807, 2.05) is 62.4 Å². The first kappa shape index (κ1) is 20.1. The molecule has 5 nitrogen and oxygen atoms in total. The zero-order valence-corrected chi connectivity index (χ0v) is 16.7. The van der Waals surface area contributed by atoms with Gasteiger partial charge in [0.05, 0.1) is 6.04 Å². The molecule has 2 aromatic rings. The quantitative estimate of drug-likeness (QED) is 0.801. The summed E-state index contributed by atoms with van der Waals surface area (Å²) >= 11 is 0. The maximum Gasteiger partial charge on any atom is 0.243 e. The highest BCUT2D eigenvalue weighted by Crippen LogP contribution is 2.23. The van der Waals surface area contributed by atoms with Crippen LogP contribution in [0.4, 0.5) is 0 Å². The largest absolute Gasteiger partial charge is 0.347 e. The summed E-state index contributed by atoms with van der Waals surface area (Å²) < 4.78 is 0. The lowest BCUT2D eigenvalue weighted by Gasteiger charge is -2.27. The predicted octanol–water partition coefficient (Wildman–Crippen LogP) is 3.52. The van der Waals surface area contributed by atoms with Gasteiger partial charge in [-0.25, -0.2) is 0 Å². The molecule has 1 N–H and O–H groups in total. The van der Waals surface area contributed by atoms with Crippen molar-refractivity contribution in [1.29, 1.82) is 0 Å². The van der Waals surface area contributed by atoms with Crippen LogP contribution in [0, 0.1) is 5.92 Å². The average Bonchev–Trinajstić information content (AvgIpc) is 3.19. The summed E-state index contributed by atoms with van der Waals surface area (Å²) in [5.41, 5.74) is 1.97. The average molecular weight is 380 g/mol. The summed E-state index contributed by atoms with van der Waals surface area (Å²) in [6.07, 6.45) is 4.46. The highest BCUT2D eigenvalue weighted by Gasteiger charge is 2.35.